The SMILES string of the molecule is CCC(C)(C)C(=O)N1CCOCCOCCOCC1. The van der Waals surface area contributed by atoms with E-state index in [1.54, 1.807) is 0 Å². The van der Waals surface area contributed by atoms with Crippen molar-refractivity contribution in [1.82, 2.24) is 4.90 Å². The second-order valence-electron chi connectivity index (χ2n) is 5.37. The summed E-state index contributed by atoms with van der Waals surface area (Å²) in [6.07, 6.45) is 0.831. The number of hydrogen-bond donors (Lipinski definition) is 0. The Morgan fingerprint density at radius 1 is 0.947 bits per heavy atom. The van der Waals surface area contributed by atoms with E-state index in [4.69, 9.17) is 14.2 Å². The van der Waals surface area contributed by atoms with E-state index in [2.05, 4.69) is 0 Å². The number of ether oxygens (including phenoxy) is 3. The Balaban J connectivity index is 2.53. The Hall–Kier alpha value is -0.650. The molecule has 0 unspecified atom stereocenters. The Bertz CT molecular complexity index is 256. The van der Waals surface area contributed by atoms with Crippen LogP contribution in [0.3, 0.4) is 0 Å². The van der Waals surface area contributed by atoms with Crippen molar-refractivity contribution >= 4 is 5.91 Å². The molecule has 0 aromatic heterocycles. The highest BCUT2D eigenvalue weighted by Gasteiger charge is 2.29. The van der Waals surface area contributed by atoms with E-state index in [0.717, 1.165) is 6.42 Å². The predicted molar refractivity (Wildman–Crippen MR) is 73.1 cm³/mol. The lowest BCUT2D eigenvalue weighted by atomic mass is 9.88. The maximum absolute atomic E-state index is 12.5. The average Bonchev–Trinajstić information content (AvgIpc) is 2.38. The van der Waals surface area contributed by atoms with Gasteiger partial charge < -0.3 is 19.1 Å². The minimum absolute atomic E-state index is 0.176. The molecular formula is C14H27NO4. The van der Waals surface area contributed by atoms with Crippen molar-refractivity contribution in [3.63, 3.8) is 0 Å². The van der Waals surface area contributed by atoms with Crippen LogP contribution in [0.1, 0.15) is 27.2 Å². The average molecular weight is 273 g/mol. The van der Waals surface area contributed by atoms with Gasteiger partial charge in [0.2, 0.25) is 5.91 Å². The molecule has 1 saturated heterocycles. The molecule has 1 fully saturated rings. The molecule has 112 valence electrons. The summed E-state index contributed by atoms with van der Waals surface area (Å²) in [6.45, 7) is 10.6. The fraction of sp³-hybridized carbons (Fsp3) is 0.929. The van der Waals surface area contributed by atoms with Crippen molar-refractivity contribution in [2.45, 2.75) is 27.2 Å². The second-order valence-corrected chi connectivity index (χ2v) is 5.37. The van der Waals surface area contributed by atoms with Crippen molar-refractivity contribution < 1.29 is 19.0 Å². The number of carbonyl (C=O) groups is 1. The first-order valence-electron chi connectivity index (χ1n) is 7.10. The van der Waals surface area contributed by atoms with Crippen LogP contribution >= 0.6 is 0 Å². The lowest BCUT2D eigenvalue weighted by Gasteiger charge is -2.31. The molecule has 1 rings (SSSR count). The van der Waals surface area contributed by atoms with Gasteiger partial charge in [-0.25, -0.2) is 0 Å². The smallest absolute Gasteiger partial charge is 0.228 e. The van der Waals surface area contributed by atoms with Crippen LogP contribution in [0.4, 0.5) is 0 Å². The molecule has 0 aliphatic carbocycles. The van der Waals surface area contributed by atoms with E-state index in [0.29, 0.717) is 52.7 Å². The summed E-state index contributed by atoms with van der Waals surface area (Å²) in [7, 11) is 0. The standard InChI is InChI=1S/C14H27NO4/c1-4-14(2,3)13(16)15-5-7-17-9-11-19-12-10-18-8-6-15/h4-12H2,1-3H3. The van der Waals surface area contributed by atoms with Crippen LogP contribution in [0, 0.1) is 5.41 Å². The number of carbonyl (C=O) groups excluding carboxylic acids is 1. The highest BCUT2D eigenvalue weighted by atomic mass is 16.5. The lowest BCUT2D eigenvalue weighted by Crippen LogP contribution is -2.44. The molecule has 1 aliphatic heterocycles. The van der Waals surface area contributed by atoms with Crippen LogP contribution in [0.5, 0.6) is 0 Å². The molecular weight excluding hydrogens is 246 g/mol. The van der Waals surface area contributed by atoms with Crippen LogP contribution in [-0.2, 0) is 19.0 Å². The molecule has 0 atom stereocenters. The maximum atomic E-state index is 12.5. The van der Waals surface area contributed by atoms with Gasteiger partial charge in [0.25, 0.3) is 0 Å². The van der Waals surface area contributed by atoms with E-state index in [9.17, 15) is 4.79 Å². The molecule has 0 bridgehead atoms. The Kier molecular flexibility index (Phi) is 7.34. The van der Waals surface area contributed by atoms with E-state index in [1.807, 2.05) is 25.7 Å². The summed E-state index contributed by atoms with van der Waals surface area (Å²) in [6, 6.07) is 0. The van der Waals surface area contributed by atoms with Crippen LogP contribution in [-0.4, -0.2) is 63.5 Å². The van der Waals surface area contributed by atoms with Gasteiger partial charge >= 0.3 is 0 Å². The lowest BCUT2D eigenvalue weighted by molar-refractivity contribution is -0.142. The van der Waals surface area contributed by atoms with Crippen molar-refractivity contribution in [3.05, 3.63) is 0 Å². The fourth-order valence-electron chi connectivity index (χ4n) is 1.79. The van der Waals surface area contributed by atoms with E-state index in [1.165, 1.54) is 0 Å². The zero-order valence-corrected chi connectivity index (χ0v) is 12.4. The predicted octanol–water partition coefficient (Wildman–Crippen LogP) is 1.31. The van der Waals surface area contributed by atoms with Crippen molar-refractivity contribution in [2.24, 2.45) is 5.41 Å². The Morgan fingerprint density at radius 3 is 1.79 bits per heavy atom. The van der Waals surface area contributed by atoms with E-state index in [-0.39, 0.29) is 11.3 Å². The Labute approximate surface area is 116 Å². The minimum atomic E-state index is -0.319. The summed E-state index contributed by atoms with van der Waals surface area (Å²) >= 11 is 0. The van der Waals surface area contributed by atoms with Gasteiger partial charge in [0.15, 0.2) is 0 Å². The van der Waals surface area contributed by atoms with Gasteiger partial charge in [-0.1, -0.05) is 20.8 Å². The number of nitrogens with zero attached hydrogens (tertiary/aromatic N) is 1. The van der Waals surface area contributed by atoms with Crippen LogP contribution in [0.25, 0.3) is 0 Å². The minimum Gasteiger partial charge on any atom is -0.377 e. The van der Waals surface area contributed by atoms with Crippen LogP contribution in [0.15, 0.2) is 0 Å². The van der Waals surface area contributed by atoms with Gasteiger partial charge in [-0.2, -0.15) is 0 Å². The molecule has 1 amide bonds. The number of amides is 1. The maximum Gasteiger partial charge on any atom is 0.228 e. The molecule has 1 heterocycles. The van der Waals surface area contributed by atoms with E-state index >= 15 is 0 Å². The van der Waals surface area contributed by atoms with Gasteiger partial charge in [0.05, 0.1) is 39.6 Å². The third kappa shape index (κ3) is 5.89. The molecule has 0 aromatic rings. The second kappa shape index (κ2) is 8.51. The van der Waals surface area contributed by atoms with E-state index < -0.39 is 0 Å². The number of hydrogen-bond acceptors (Lipinski definition) is 4. The van der Waals surface area contributed by atoms with Gasteiger partial charge in [-0.3, -0.25) is 4.79 Å². The molecule has 0 N–H and O–H groups in total. The van der Waals surface area contributed by atoms with Gasteiger partial charge in [-0.05, 0) is 6.42 Å². The largest absolute Gasteiger partial charge is 0.377 e. The topological polar surface area (TPSA) is 48.0 Å². The molecule has 0 aromatic carbocycles. The first-order valence-corrected chi connectivity index (χ1v) is 7.10. The quantitative estimate of drug-likeness (QED) is 0.761. The van der Waals surface area contributed by atoms with Gasteiger partial charge in [-0.15, -0.1) is 0 Å². The van der Waals surface area contributed by atoms with Crippen LogP contribution in [0.2, 0.25) is 0 Å². The summed E-state index contributed by atoms with van der Waals surface area (Å²) in [5.74, 6) is 0.176. The molecule has 19 heavy (non-hydrogen) atoms. The Morgan fingerprint density at radius 2 is 1.37 bits per heavy atom. The number of rotatable bonds is 2. The third-order valence-corrected chi connectivity index (χ3v) is 3.51. The third-order valence-electron chi connectivity index (χ3n) is 3.51. The molecule has 5 heteroatoms. The zero-order valence-electron chi connectivity index (χ0n) is 12.4. The molecule has 0 saturated carbocycles. The summed E-state index contributed by atoms with van der Waals surface area (Å²) in [5, 5.41) is 0. The van der Waals surface area contributed by atoms with Crippen molar-refractivity contribution in [1.29, 1.82) is 0 Å². The molecule has 5 nitrogen and oxygen atoms in total. The van der Waals surface area contributed by atoms with Gasteiger partial charge in [0.1, 0.15) is 0 Å². The zero-order chi connectivity index (χ0) is 14.1. The highest BCUT2D eigenvalue weighted by molar-refractivity contribution is 5.81. The van der Waals surface area contributed by atoms with Crippen LogP contribution < -0.4 is 0 Å². The molecule has 0 spiro atoms. The molecule has 1 aliphatic rings. The summed E-state index contributed by atoms with van der Waals surface area (Å²) < 4.78 is 16.3. The normalized spacial score (nSPS) is 20.5. The van der Waals surface area contributed by atoms with Crippen molar-refractivity contribution in [3.8, 4) is 0 Å². The first-order chi connectivity index (χ1) is 9.08. The first kappa shape index (κ1) is 16.4. The highest BCUT2D eigenvalue weighted by Crippen LogP contribution is 2.22. The monoisotopic (exact) mass is 273 g/mol. The summed E-state index contributed by atoms with van der Waals surface area (Å²) in [4.78, 5) is 14.3. The molecule has 0 radical (unpaired) electrons. The summed E-state index contributed by atoms with van der Waals surface area (Å²) in [5.41, 5.74) is -0.319. The van der Waals surface area contributed by atoms with Crippen molar-refractivity contribution in [2.75, 3.05) is 52.7 Å². The van der Waals surface area contributed by atoms with Gasteiger partial charge in [0, 0.05) is 18.5 Å². The fourth-order valence-corrected chi connectivity index (χ4v) is 1.79.